The summed E-state index contributed by atoms with van der Waals surface area (Å²) in [6, 6.07) is 0. The third-order valence-corrected chi connectivity index (χ3v) is 5.03. The van der Waals surface area contributed by atoms with Gasteiger partial charge in [0.2, 0.25) is 0 Å². The summed E-state index contributed by atoms with van der Waals surface area (Å²) < 4.78 is 32.7. The van der Waals surface area contributed by atoms with Crippen LogP contribution in [0, 0.1) is 5.92 Å². The van der Waals surface area contributed by atoms with Crippen LogP contribution in [0.5, 0.6) is 0 Å². The van der Waals surface area contributed by atoms with E-state index in [1.165, 1.54) is 16.4 Å². The van der Waals surface area contributed by atoms with Crippen LogP contribution in [0.15, 0.2) is 11.1 Å². The third kappa shape index (κ3) is 5.36. The summed E-state index contributed by atoms with van der Waals surface area (Å²) in [6.45, 7) is 6.85. The van der Waals surface area contributed by atoms with Crippen LogP contribution in [-0.2, 0) is 11.8 Å². The lowest BCUT2D eigenvalue weighted by atomic mass is 9.99. The molecule has 0 spiro atoms. The number of thioether (sulfide) groups is 1. The maximum Gasteiger partial charge on any atom is 0.410 e. The number of aromatic nitrogens is 2. The number of likely N-dealkylation sites (tertiary alicyclic amines) is 1. The van der Waals surface area contributed by atoms with Gasteiger partial charge in [-0.05, 0) is 39.5 Å². The van der Waals surface area contributed by atoms with E-state index in [-0.39, 0.29) is 11.8 Å². The molecule has 0 bridgehead atoms. The number of piperidine rings is 1. The van der Waals surface area contributed by atoms with Crippen molar-refractivity contribution in [2.75, 3.05) is 18.8 Å². The van der Waals surface area contributed by atoms with Gasteiger partial charge in [0.05, 0.1) is 4.90 Å². The molecule has 2 rings (SSSR count). The van der Waals surface area contributed by atoms with E-state index in [0.29, 0.717) is 23.9 Å². The quantitative estimate of drug-likeness (QED) is 0.758. The Morgan fingerprint density at radius 1 is 1.42 bits per heavy atom. The molecule has 0 radical (unpaired) electrons. The number of halogens is 2. The molecule has 0 unspecified atom stereocenters. The summed E-state index contributed by atoms with van der Waals surface area (Å²) >= 11 is 1.42. The summed E-state index contributed by atoms with van der Waals surface area (Å²) in [5, 5.41) is 3.82. The zero-order valence-corrected chi connectivity index (χ0v) is 15.4. The lowest BCUT2D eigenvalue weighted by molar-refractivity contribution is 0.0191. The van der Waals surface area contributed by atoms with Gasteiger partial charge in [-0.1, -0.05) is 0 Å². The number of carbonyl (C=O) groups excluding carboxylic acids is 1. The molecule has 1 aromatic rings. The fourth-order valence-corrected chi connectivity index (χ4v) is 3.82. The van der Waals surface area contributed by atoms with Gasteiger partial charge in [-0.25, -0.2) is 13.6 Å². The maximum atomic E-state index is 12.9. The first-order valence-electron chi connectivity index (χ1n) is 8.08. The van der Waals surface area contributed by atoms with Gasteiger partial charge in [-0.3, -0.25) is 4.68 Å². The van der Waals surface area contributed by atoms with Crippen LogP contribution in [-0.4, -0.2) is 45.2 Å². The highest BCUT2D eigenvalue weighted by Crippen LogP contribution is 2.32. The van der Waals surface area contributed by atoms with Gasteiger partial charge in [-0.2, -0.15) is 5.10 Å². The Morgan fingerprint density at radius 2 is 2.04 bits per heavy atom. The number of alkyl halides is 2. The molecular formula is C16H25F2N3O2S. The molecule has 8 heteroatoms. The molecule has 2 heterocycles. The lowest BCUT2D eigenvalue weighted by Crippen LogP contribution is -2.42. The smallest absolute Gasteiger partial charge is 0.410 e. The van der Waals surface area contributed by atoms with E-state index in [2.05, 4.69) is 5.10 Å². The molecule has 1 saturated heterocycles. The highest BCUT2D eigenvalue weighted by Gasteiger charge is 2.27. The van der Waals surface area contributed by atoms with Crippen LogP contribution in [0.3, 0.4) is 0 Å². The van der Waals surface area contributed by atoms with Crippen molar-refractivity contribution < 1.29 is 18.3 Å². The van der Waals surface area contributed by atoms with Gasteiger partial charge in [0, 0.05) is 32.1 Å². The fraction of sp³-hybridized carbons (Fsp3) is 0.750. The molecule has 1 aliphatic rings. The molecule has 5 nitrogen and oxygen atoms in total. The van der Waals surface area contributed by atoms with E-state index in [9.17, 15) is 13.6 Å². The second-order valence-corrected chi connectivity index (χ2v) is 8.14. The minimum Gasteiger partial charge on any atom is -0.444 e. The van der Waals surface area contributed by atoms with E-state index < -0.39 is 12.0 Å². The molecular weight excluding hydrogens is 336 g/mol. The predicted molar refractivity (Wildman–Crippen MR) is 89.4 cm³/mol. The molecule has 1 amide bonds. The normalized spacial score (nSPS) is 16.7. The monoisotopic (exact) mass is 361 g/mol. The fourth-order valence-electron chi connectivity index (χ4n) is 2.56. The van der Waals surface area contributed by atoms with Crippen molar-refractivity contribution >= 4 is 17.9 Å². The number of aryl methyl sites for hydroxylation is 1. The van der Waals surface area contributed by atoms with Crippen LogP contribution in [0.2, 0.25) is 0 Å². The minimum atomic E-state index is -2.55. The van der Waals surface area contributed by atoms with E-state index in [1.807, 2.05) is 20.8 Å². The molecule has 1 aliphatic heterocycles. The first-order valence-corrected chi connectivity index (χ1v) is 9.06. The third-order valence-electron chi connectivity index (χ3n) is 3.77. The molecule has 0 aromatic carbocycles. The Labute approximate surface area is 145 Å². The van der Waals surface area contributed by atoms with E-state index in [0.717, 1.165) is 18.6 Å². The topological polar surface area (TPSA) is 47.4 Å². The largest absolute Gasteiger partial charge is 0.444 e. The van der Waals surface area contributed by atoms with Crippen LogP contribution in [0.1, 0.15) is 45.7 Å². The van der Waals surface area contributed by atoms with E-state index in [1.54, 1.807) is 18.1 Å². The Hall–Kier alpha value is -1.31. The molecule has 0 atom stereocenters. The Morgan fingerprint density at radius 3 is 2.58 bits per heavy atom. The highest BCUT2D eigenvalue weighted by molar-refractivity contribution is 7.99. The van der Waals surface area contributed by atoms with Gasteiger partial charge < -0.3 is 9.64 Å². The Bertz CT molecular complexity index is 564. The van der Waals surface area contributed by atoms with Gasteiger partial charge in [0.15, 0.2) is 0 Å². The summed E-state index contributed by atoms with van der Waals surface area (Å²) in [7, 11) is 1.65. The molecule has 136 valence electrons. The lowest BCUT2D eigenvalue weighted by Gasteiger charge is -2.33. The molecule has 0 saturated carbocycles. The van der Waals surface area contributed by atoms with Crippen molar-refractivity contribution in [2.45, 2.75) is 50.5 Å². The molecule has 1 aromatic heterocycles. The zero-order chi connectivity index (χ0) is 17.9. The number of nitrogens with zero attached hydrogens (tertiary/aromatic N) is 3. The first kappa shape index (κ1) is 19.0. The van der Waals surface area contributed by atoms with Gasteiger partial charge in [-0.15, -0.1) is 11.8 Å². The summed E-state index contributed by atoms with van der Waals surface area (Å²) in [6.07, 6.45) is 0.526. The van der Waals surface area contributed by atoms with E-state index >= 15 is 0 Å². The number of ether oxygens (including phenoxy) is 1. The Kier molecular flexibility index (Phi) is 6.11. The number of hydrogen-bond donors (Lipinski definition) is 0. The molecule has 0 N–H and O–H groups in total. The van der Waals surface area contributed by atoms with Crippen molar-refractivity contribution in [3.8, 4) is 0 Å². The van der Waals surface area contributed by atoms with Gasteiger partial charge >= 0.3 is 6.09 Å². The molecule has 24 heavy (non-hydrogen) atoms. The van der Waals surface area contributed by atoms with Crippen LogP contribution >= 0.6 is 11.8 Å². The first-order chi connectivity index (χ1) is 11.2. The molecule has 0 aliphatic carbocycles. The Balaban J connectivity index is 1.80. The summed E-state index contributed by atoms with van der Waals surface area (Å²) in [5.41, 5.74) is -0.635. The van der Waals surface area contributed by atoms with Crippen molar-refractivity contribution in [1.82, 2.24) is 14.7 Å². The van der Waals surface area contributed by atoms with Crippen LogP contribution < -0.4 is 0 Å². The average Bonchev–Trinajstić information content (AvgIpc) is 2.85. The van der Waals surface area contributed by atoms with Crippen molar-refractivity contribution in [3.63, 3.8) is 0 Å². The SMILES string of the molecule is Cn1cc(SCC2CCN(C(=O)OC(C)(C)C)CC2)c(C(F)F)n1. The second kappa shape index (κ2) is 7.72. The summed E-state index contributed by atoms with van der Waals surface area (Å²) in [4.78, 5) is 14.3. The predicted octanol–water partition coefficient (Wildman–Crippen LogP) is 4.10. The van der Waals surface area contributed by atoms with Crippen molar-refractivity contribution in [1.29, 1.82) is 0 Å². The van der Waals surface area contributed by atoms with Crippen molar-refractivity contribution in [2.24, 2.45) is 13.0 Å². The number of amides is 1. The van der Waals surface area contributed by atoms with Gasteiger partial charge in [0.25, 0.3) is 6.43 Å². The highest BCUT2D eigenvalue weighted by atomic mass is 32.2. The second-order valence-electron chi connectivity index (χ2n) is 7.07. The average molecular weight is 361 g/mol. The standard InChI is InChI=1S/C16H25F2N3O2S/c1-16(2,3)23-15(22)21-7-5-11(6-8-21)10-24-12-9-20(4)19-13(12)14(17)18/h9,11,14H,5-8,10H2,1-4H3. The minimum absolute atomic E-state index is 0.145. The van der Waals surface area contributed by atoms with E-state index in [4.69, 9.17) is 4.74 Å². The van der Waals surface area contributed by atoms with Crippen LogP contribution in [0.25, 0.3) is 0 Å². The maximum absolute atomic E-state index is 12.9. The number of rotatable bonds is 4. The number of hydrogen-bond acceptors (Lipinski definition) is 4. The van der Waals surface area contributed by atoms with Gasteiger partial charge in [0.1, 0.15) is 11.3 Å². The summed E-state index contributed by atoms with van der Waals surface area (Å²) in [5.74, 6) is 1.16. The molecule has 1 fully saturated rings. The zero-order valence-electron chi connectivity index (χ0n) is 14.6. The van der Waals surface area contributed by atoms with Crippen molar-refractivity contribution in [3.05, 3.63) is 11.9 Å². The van der Waals surface area contributed by atoms with Crippen LogP contribution in [0.4, 0.5) is 13.6 Å². The number of carbonyl (C=O) groups is 1.